The maximum absolute atomic E-state index is 11.7. The maximum Gasteiger partial charge on any atom is 0.291 e. The minimum absolute atomic E-state index is 0.172. The van der Waals surface area contributed by atoms with Crippen molar-refractivity contribution in [2.24, 2.45) is 0 Å². The molecule has 0 spiro atoms. The summed E-state index contributed by atoms with van der Waals surface area (Å²) in [4.78, 5) is 15.8. The number of hydrogen-bond acceptors (Lipinski definition) is 3. The third-order valence-electron chi connectivity index (χ3n) is 2.32. The van der Waals surface area contributed by atoms with Crippen LogP contribution in [0.3, 0.4) is 0 Å². The first-order chi connectivity index (χ1) is 7.67. The molecule has 1 aromatic rings. The van der Waals surface area contributed by atoms with Crippen LogP contribution >= 0.6 is 0 Å². The summed E-state index contributed by atoms with van der Waals surface area (Å²) in [6.07, 6.45) is 3.84. The summed E-state index contributed by atoms with van der Waals surface area (Å²) >= 11 is 0. The zero-order valence-electron chi connectivity index (χ0n) is 10.2. The van der Waals surface area contributed by atoms with Gasteiger partial charge in [-0.05, 0) is 19.8 Å². The Balaban J connectivity index is 2.52. The van der Waals surface area contributed by atoms with Crippen LogP contribution in [0.1, 0.15) is 56.5 Å². The van der Waals surface area contributed by atoms with Gasteiger partial charge in [-0.15, -0.1) is 5.10 Å². The molecule has 0 aliphatic rings. The minimum atomic E-state index is -0.195. The van der Waals surface area contributed by atoms with Crippen LogP contribution in [-0.2, 0) is 6.42 Å². The van der Waals surface area contributed by atoms with Crippen LogP contribution in [0.15, 0.2) is 0 Å². The molecule has 1 rings (SSSR count). The van der Waals surface area contributed by atoms with Gasteiger partial charge in [0.05, 0.1) is 0 Å². The normalized spacial score (nSPS) is 12.4. The number of aromatic amines is 1. The standard InChI is InChI=1S/C11H20N4O/c1-4-6-8(3)12-11(16)10-13-9(7-5-2)14-15-10/h8H,4-7H2,1-3H3,(H,12,16)(H,13,14,15). The summed E-state index contributed by atoms with van der Waals surface area (Å²) in [6, 6.07) is 0.172. The molecule has 0 saturated heterocycles. The van der Waals surface area contributed by atoms with Crippen LogP contribution in [0.5, 0.6) is 0 Å². The van der Waals surface area contributed by atoms with Gasteiger partial charge in [0.15, 0.2) is 0 Å². The Morgan fingerprint density at radius 2 is 2.19 bits per heavy atom. The molecule has 1 aromatic heterocycles. The van der Waals surface area contributed by atoms with Crippen molar-refractivity contribution in [2.45, 2.75) is 52.5 Å². The summed E-state index contributed by atoms with van der Waals surface area (Å²) in [5.74, 6) is 0.821. The first-order valence-electron chi connectivity index (χ1n) is 5.89. The van der Waals surface area contributed by atoms with Crippen molar-refractivity contribution in [3.8, 4) is 0 Å². The number of rotatable bonds is 6. The predicted molar refractivity (Wildman–Crippen MR) is 62.2 cm³/mol. The number of nitrogens with zero attached hydrogens (tertiary/aromatic N) is 2. The fourth-order valence-electron chi connectivity index (χ4n) is 1.54. The van der Waals surface area contributed by atoms with Crippen molar-refractivity contribution < 1.29 is 4.79 Å². The summed E-state index contributed by atoms with van der Waals surface area (Å²) in [6.45, 7) is 6.14. The number of H-pyrrole nitrogens is 1. The van der Waals surface area contributed by atoms with Crippen LogP contribution in [0.2, 0.25) is 0 Å². The Morgan fingerprint density at radius 3 is 2.81 bits per heavy atom. The van der Waals surface area contributed by atoms with Gasteiger partial charge in [0.2, 0.25) is 5.82 Å². The van der Waals surface area contributed by atoms with Crippen molar-refractivity contribution in [2.75, 3.05) is 0 Å². The van der Waals surface area contributed by atoms with E-state index in [4.69, 9.17) is 0 Å². The molecule has 16 heavy (non-hydrogen) atoms. The molecule has 5 nitrogen and oxygen atoms in total. The fourth-order valence-corrected chi connectivity index (χ4v) is 1.54. The molecular weight excluding hydrogens is 204 g/mol. The lowest BCUT2D eigenvalue weighted by Gasteiger charge is -2.10. The number of aryl methyl sites for hydroxylation is 1. The highest BCUT2D eigenvalue weighted by molar-refractivity contribution is 5.90. The van der Waals surface area contributed by atoms with Crippen molar-refractivity contribution in [3.05, 3.63) is 11.6 Å². The van der Waals surface area contributed by atoms with E-state index in [2.05, 4.69) is 34.3 Å². The Labute approximate surface area is 96.0 Å². The van der Waals surface area contributed by atoms with Gasteiger partial charge in [0.25, 0.3) is 5.91 Å². The highest BCUT2D eigenvalue weighted by Crippen LogP contribution is 1.99. The van der Waals surface area contributed by atoms with E-state index < -0.39 is 0 Å². The fraction of sp³-hybridized carbons (Fsp3) is 0.727. The molecule has 0 saturated carbocycles. The number of aromatic nitrogens is 3. The predicted octanol–water partition coefficient (Wildman–Crippen LogP) is 1.68. The Bertz CT molecular complexity index is 334. The van der Waals surface area contributed by atoms with Gasteiger partial charge in [-0.2, -0.15) is 0 Å². The van der Waals surface area contributed by atoms with Crippen LogP contribution in [0.4, 0.5) is 0 Å². The van der Waals surface area contributed by atoms with Crippen molar-refractivity contribution in [1.29, 1.82) is 0 Å². The monoisotopic (exact) mass is 224 g/mol. The molecule has 1 unspecified atom stereocenters. The van der Waals surface area contributed by atoms with E-state index in [0.717, 1.165) is 31.5 Å². The number of amides is 1. The topological polar surface area (TPSA) is 70.7 Å². The molecule has 1 heterocycles. The molecule has 5 heteroatoms. The molecule has 2 N–H and O–H groups in total. The van der Waals surface area contributed by atoms with Crippen LogP contribution < -0.4 is 5.32 Å². The van der Waals surface area contributed by atoms with E-state index in [1.807, 2.05) is 6.92 Å². The Kier molecular flexibility index (Phi) is 4.95. The molecule has 0 aliphatic carbocycles. The number of nitrogens with one attached hydrogen (secondary N) is 2. The number of carbonyl (C=O) groups is 1. The van der Waals surface area contributed by atoms with Gasteiger partial charge >= 0.3 is 0 Å². The van der Waals surface area contributed by atoms with E-state index in [1.165, 1.54) is 0 Å². The zero-order valence-corrected chi connectivity index (χ0v) is 10.2. The third-order valence-corrected chi connectivity index (χ3v) is 2.32. The minimum Gasteiger partial charge on any atom is -0.347 e. The van der Waals surface area contributed by atoms with Crippen molar-refractivity contribution in [3.63, 3.8) is 0 Å². The SMILES string of the molecule is CCCc1nc(C(=O)NC(C)CCC)n[nH]1. The van der Waals surface area contributed by atoms with Crippen LogP contribution in [0.25, 0.3) is 0 Å². The maximum atomic E-state index is 11.7. The summed E-state index contributed by atoms with van der Waals surface area (Å²) in [7, 11) is 0. The Hall–Kier alpha value is -1.39. The average Bonchev–Trinajstić information content (AvgIpc) is 2.67. The Morgan fingerprint density at radius 1 is 1.44 bits per heavy atom. The van der Waals surface area contributed by atoms with E-state index >= 15 is 0 Å². The van der Waals surface area contributed by atoms with Crippen LogP contribution in [0, 0.1) is 0 Å². The van der Waals surface area contributed by atoms with Gasteiger partial charge in [-0.3, -0.25) is 9.89 Å². The number of hydrogen-bond donors (Lipinski definition) is 2. The zero-order chi connectivity index (χ0) is 12.0. The second kappa shape index (κ2) is 6.25. The lowest BCUT2D eigenvalue weighted by molar-refractivity contribution is 0.0928. The van der Waals surface area contributed by atoms with Crippen molar-refractivity contribution in [1.82, 2.24) is 20.5 Å². The quantitative estimate of drug-likeness (QED) is 0.772. The third kappa shape index (κ3) is 3.64. The smallest absolute Gasteiger partial charge is 0.291 e. The molecular formula is C11H20N4O. The van der Waals surface area contributed by atoms with Crippen molar-refractivity contribution >= 4 is 5.91 Å². The number of carbonyl (C=O) groups excluding carboxylic acids is 1. The largest absolute Gasteiger partial charge is 0.347 e. The second-order valence-electron chi connectivity index (χ2n) is 4.02. The van der Waals surface area contributed by atoms with Gasteiger partial charge in [0, 0.05) is 12.5 Å². The van der Waals surface area contributed by atoms with Gasteiger partial charge < -0.3 is 5.32 Å². The molecule has 0 aromatic carbocycles. The summed E-state index contributed by atoms with van der Waals surface area (Å²) in [5.41, 5.74) is 0. The van der Waals surface area contributed by atoms with E-state index in [0.29, 0.717) is 0 Å². The molecule has 1 atom stereocenters. The van der Waals surface area contributed by atoms with Crippen LogP contribution in [-0.4, -0.2) is 27.1 Å². The summed E-state index contributed by atoms with van der Waals surface area (Å²) < 4.78 is 0. The lowest BCUT2D eigenvalue weighted by Crippen LogP contribution is -2.33. The molecule has 90 valence electrons. The molecule has 0 aliphatic heterocycles. The highest BCUT2D eigenvalue weighted by atomic mass is 16.2. The van der Waals surface area contributed by atoms with E-state index in [9.17, 15) is 4.79 Å². The average molecular weight is 224 g/mol. The molecule has 1 amide bonds. The second-order valence-corrected chi connectivity index (χ2v) is 4.02. The first-order valence-corrected chi connectivity index (χ1v) is 5.89. The molecule has 0 bridgehead atoms. The van der Waals surface area contributed by atoms with E-state index in [-0.39, 0.29) is 17.8 Å². The molecule has 0 fully saturated rings. The molecule has 0 radical (unpaired) electrons. The van der Waals surface area contributed by atoms with Gasteiger partial charge in [0.1, 0.15) is 5.82 Å². The first kappa shape index (κ1) is 12.7. The summed E-state index contributed by atoms with van der Waals surface area (Å²) in [5, 5.41) is 9.54. The van der Waals surface area contributed by atoms with Gasteiger partial charge in [-0.25, -0.2) is 4.98 Å². The van der Waals surface area contributed by atoms with Gasteiger partial charge in [-0.1, -0.05) is 20.3 Å². The highest BCUT2D eigenvalue weighted by Gasteiger charge is 2.13. The lowest BCUT2D eigenvalue weighted by atomic mass is 10.2. The van der Waals surface area contributed by atoms with E-state index in [1.54, 1.807) is 0 Å².